The number of hydrogen-bond acceptors (Lipinski definition) is 3. The molecule has 1 aromatic carbocycles. The fraction of sp³-hybridized carbons (Fsp3) is 0. The van der Waals surface area contributed by atoms with Gasteiger partial charge in [-0.2, -0.15) is 0 Å². The molecule has 0 spiro atoms. The third-order valence-corrected chi connectivity index (χ3v) is 3.15. The Morgan fingerprint density at radius 3 is 2.73 bits per heavy atom. The maximum Gasteiger partial charge on any atom is 0.116 e. The zero-order valence-corrected chi connectivity index (χ0v) is 10.1. The highest BCUT2D eigenvalue weighted by atomic mass is 79.9. The van der Waals surface area contributed by atoms with Gasteiger partial charge in [-0.3, -0.25) is 0 Å². The monoisotopic (exact) mass is 281 g/mol. The van der Waals surface area contributed by atoms with Crippen molar-refractivity contribution in [3.8, 4) is 5.75 Å². The van der Waals surface area contributed by atoms with Gasteiger partial charge in [0, 0.05) is 15.6 Å². The number of phenols is 1. The van der Waals surface area contributed by atoms with E-state index in [4.69, 9.17) is 0 Å². The summed E-state index contributed by atoms with van der Waals surface area (Å²) in [6, 6.07) is 11.0. The van der Waals surface area contributed by atoms with Crippen molar-refractivity contribution in [2.24, 2.45) is 0 Å². The summed E-state index contributed by atoms with van der Waals surface area (Å²) in [6.07, 6.45) is 1.76. The third-order valence-electron chi connectivity index (χ3n) is 1.74. The molecule has 2 aromatic rings. The van der Waals surface area contributed by atoms with E-state index < -0.39 is 0 Å². The van der Waals surface area contributed by atoms with Crippen LogP contribution in [-0.4, -0.2) is 10.1 Å². The minimum atomic E-state index is 0.275. The van der Waals surface area contributed by atoms with Crippen molar-refractivity contribution < 1.29 is 5.11 Å². The molecule has 76 valence electrons. The second-order valence-corrected chi connectivity index (χ2v) is 4.92. The Kier molecular flexibility index (Phi) is 3.28. The van der Waals surface area contributed by atoms with E-state index in [2.05, 4.69) is 20.9 Å². The molecular formula is C11H8BrNOS. The van der Waals surface area contributed by atoms with Crippen LogP contribution in [0.15, 0.2) is 57.0 Å². The molecule has 1 N–H and O–H groups in total. The van der Waals surface area contributed by atoms with Crippen LogP contribution in [0.4, 0.5) is 0 Å². The number of benzene rings is 1. The Morgan fingerprint density at radius 2 is 2.07 bits per heavy atom. The fourth-order valence-electron chi connectivity index (χ4n) is 1.09. The Morgan fingerprint density at radius 1 is 1.20 bits per heavy atom. The van der Waals surface area contributed by atoms with Crippen LogP contribution in [0, 0.1) is 0 Å². The molecule has 0 amide bonds. The molecule has 0 atom stereocenters. The van der Waals surface area contributed by atoms with E-state index in [0.717, 1.165) is 14.4 Å². The van der Waals surface area contributed by atoms with Crippen LogP contribution in [0.1, 0.15) is 0 Å². The van der Waals surface area contributed by atoms with Crippen LogP contribution >= 0.6 is 27.7 Å². The van der Waals surface area contributed by atoms with Crippen LogP contribution < -0.4 is 0 Å². The van der Waals surface area contributed by atoms with E-state index in [-0.39, 0.29) is 5.75 Å². The molecule has 0 unspecified atom stereocenters. The van der Waals surface area contributed by atoms with Crippen LogP contribution in [0.3, 0.4) is 0 Å². The van der Waals surface area contributed by atoms with Gasteiger partial charge in [-0.15, -0.1) is 0 Å². The quantitative estimate of drug-likeness (QED) is 0.911. The van der Waals surface area contributed by atoms with Gasteiger partial charge in [0.1, 0.15) is 10.8 Å². The zero-order chi connectivity index (χ0) is 10.7. The first-order valence-corrected chi connectivity index (χ1v) is 5.93. The number of halogens is 1. The van der Waals surface area contributed by atoms with Crippen molar-refractivity contribution in [2.45, 2.75) is 9.92 Å². The molecule has 4 heteroatoms. The van der Waals surface area contributed by atoms with Gasteiger partial charge < -0.3 is 5.11 Å². The molecule has 0 bridgehead atoms. The number of hydrogen-bond donors (Lipinski definition) is 1. The van der Waals surface area contributed by atoms with Crippen molar-refractivity contribution in [3.63, 3.8) is 0 Å². The summed E-state index contributed by atoms with van der Waals surface area (Å²) in [7, 11) is 0. The largest absolute Gasteiger partial charge is 0.508 e. The summed E-state index contributed by atoms with van der Waals surface area (Å²) in [5.41, 5.74) is 0. The summed E-state index contributed by atoms with van der Waals surface area (Å²) < 4.78 is 0.961. The molecule has 2 rings (SSSR count). The van der Waals surface area contributed by atoms with E-state index >= 15 is 0 Å². The number of rotatable bonds is 2. The highest BCUT2D eigenvalue weighted by Gasteiger charge is 1.99. The van der Waals surface area contributed by atoms with Crippen LogP contribution in [0.5, 0.6) is 5.75 Å². The van der Waals surface area contributed by atoms with Crippen molar-refractivity contribution in [2.75, 3.05) is 0 Å². The first-order chi connectivity index (χ1) is 7.24. The summed E-state index contributed by atoms with van der Waals surface area (Å²) in [5.74, 6) is 0.275. The van der Waals surface area contributed by atoms with Crippen molar-refractivity contribution in [3.05, 3.63) is 47.1 Å². The Balaban J connectivity index is 2.18. The molecule has 0 aliphatic rings. The standard InChI is InChI=1S/C11H8BrNOS/c12-8-4-5-11(13-7-8)15-10-3-1-2-9(14)6-10/h1-7,14H. The maximum atomic E-state index is 9.29. The maximum absolute atomic E-state index is 9.29. The van der Waals surface area contributed by atoms with Gasteiger partial charge in [0.05, 0.1) is 0 Å². The van der Waals surface area contributed by atoms with Crippen molar-refractivity contribution in [1.29, 1.82) is 0 Å². The third kappa shape index (κ3) is 2.97. The number of aromatic hydroxyl groups is 1. The predicted octanol–water partition coefficient (Wildman–Crippen LogP) is 3.70. The molecule has 1 heterocycles. The lowest BCUT2D eigenvalue weighted by molar-refractivity contribution is 0.474. The molecule has 2 nitrogen and oxygen atoms in total. The van der Waals surface area contributed by atoms with E-state index in [1.807, 2.05) is 24.3 Å². The van der Waals surface area contributed by atoms with Gasteiger partial charge in [0.2, 0.25) is 0 Å². The normalized spacial score (nSPS) is 10.2. The molecule has 0 aliphatic heterocycles. The molecule has 0 radical (unpaired) electrons. The minimum absolute atomic E-state index is 0.275. The van der Waals surface area contributed by atoms with Gasteiger partial charge >= 0.3 is 0 Å². The lowest BCUT2D eigenvalue weighted by Gasteiger charge is -2.01. The smallest absolute Gasteiger partial charge is 0.116 e. The Labute approximate surface area is 100 Å². The van der Waals surface area contributed by atoms with Crippen LogP contribution in [-0.2, 0) is 0 Å². The number of aromatic nitrogens is 1. The molecule has 0 aliphatic carbocycles. The van der Waals surface area contributed by atoms with E-state index in [9.17, 15) is 5.11 Å². The summed E-state index contributed by atoms with van der Waals surface area (Å²) >= 11 is 4.85. The van der Waals surface area contributed by atoms with Crippen LogP contribution in [0.2, 0.25) is 0 Å². The molecule has 1 aromatic heterocycles. The van der Waals surface area contributed by atoms with Crippen molar-refractivity contribution in [1.82, 2.24) is 4.98 Å². The minimum Gasteiger partial charge on any atom is -0.508 e. The first-order valence-electron chi connectivity index (χ1n) is 4.32. The molecule has 0 fully saturated rings. The topological polar surface area (TPSA) is 33.1 Å². The van der Waals surface area contributed by atoms with E-state index in [1.54, 1.807) is 18.3 Å². The Hall–Kier alpha value is -1.00. The summed E-state index contributed by atoms with van der Waals surface area (Å²) in [4.78, 5) is 5.21. The number of phenolic OH excluding ortho intramolecular Hbond substituents is 1. The van der Waals surface area contributed by atoms with Gasteiger partial charge in [0.15, 0.2) is 0 Å². The van der Waals surface area contributed by atoms with Gasteiger partial charge in [-0.05, 0) is 46.3 Å². The summed E-state index contributed by atoms with van der Waals surface area (Å²) in [6.45, 7) is 0. The highest BCUT2D eigenvalue weighted by molar-refractivity contribution is 9.10. The van der Waals surface area contributed by atoms with E-state index in [1.165, 1.54) is 11.8 Å². The summed E-state index contributed by atoms with van der Waals surface area (Å²) in [5, 5.41) is 10.2. The van der Waals surface area contributed by atoms with Crippen molar-refractivity contribution >= 4 is 27.7 Å². The van der Waals surface area contributed by atoms with Gasteiger partial charge in [-0.25, -0.2) is 4.98 Å². The Bertz CT molecular complexity index is 458. The van der Waals surface area contributed by atoms with Gasteiger partial charge in [0.25, 0.3) is 0 Å². The van der Waals surface area contributed by atoms with Gasteiger partial charge in [-0.1, -0.05) is 17.8 Å². The second kappa shape index (κ2) is 4.68. The van der Waals surface area contributed by atoms with Crippen LogP contribution in [0.25, 0.3) is 0 Å². The molecule has 15 heavy (non-hydrogen) atoms. The SMILES string of the molecule is Oc1cccc(Sc2ccc(Br)cn2)c1. The highest BCUT2D eigenvalue weighted by Crippen LogP contribution is 2.28. The zero-order valence-electron chi connectivity index (χ0n) is 7.72. The fourth-order valence-corrected chi connectivity index (χ4v) is 2.13. The molecule has 0 saturated heterocycles. The van der Waals surface area contributed by atoms with E-state index in [0.29, 0.717) is 0 Å². The number of nitrogens with zero attached hydrogens (tertiary/aromatic N) is 1. The molecule has 0 saturated carbocycles. The molecular weight excluding hydrogens is 274 g/mol. The second-order valence-electron chi connectivity index (χ2n) is 2.91. The lowest BCUT2D eigenvalue weighted by Crippen LogP contribution is -1.78. The predicted molar refractivity (Wildman–Crippen MR) is 64.2 cm³/mol. The number of pyridine rings is 1. The lowest BCUT2D eigenvalue weighted by atomic mass is 10.3. The average Bonchev–Trinajstić information content (AvgIpc) is 2.22. The average molecular weight is 282 g/mol. The first kappa shape index (κ1) is 10.5.